The van der Waals surface area contributed by atoms with Crippen LogP contribution in [0.25, 0.3) is 0 Å². The summed E-state index contributed by atoms with van der Waals surface area (Å²) in [5.41, 5.74) is 0. The lowest BCUT2D eigenvalue weighted by Crippen LogP contribution is -2.44. The van der Waals surface area contributed by atoms with Crippen LogP contribution in [0.2, 0.25) is 0 Å². The molecule has 0 saturated carbocycles. The molecule has 0 aromatic rings. The van der Waals surface area contributed by atoms with Crippen LogP contribution in [-0.2, 0) is 19.9 Å². The largest absolute Gasteiger partial charge is 0.395 e. The first-order chi connectivity index (χ1) is 7.70. The molecule has 0 spiro atoms. The molecule has 1 saturated heterocycles. The van der Waals surface area contributed by atoms with E-state index in [4.69, 9.17) is 5.11 Å². The van der Waals surface area contributed by atoms with E-state index in [0.717, 1.165) is 0 Å². The highest BCUT2D eigenvalue weighted by Crippen LogP contribution is 2.23. The van der Waals surface area contributed by atoms with Crippen molar-refractivity contribution in [1.82, 2.24) is 4.31 Å². The molecule has 17 heavy (non-hydrogen) atoms. The molecule has 0 amide bonds. The Morgan fingerprint density at radius 1 is 1.41 bits per heavy atom. The lowest BCUT2D eigenvalue weighted by atomic mass is 10.4. The maximum atomic E-state index is 12.2. The standard InChI is InChI=1S/C9H19NO5S2/c1-8(2)10(4-5-11)17(14,15)9-3-6-16(12,13)7-9/h8-9,11H,3-7H2,1-2H3. The molecule has 1 atom stereocenters. The van der Waals surface area contributed by atoms with Crippen molar-refractivity contribution in [2.75, 3.05) is 24.7 Å². The minimum absolute atomic E-state index is 0.0105. The summed E-state index contributed by atoms with van der Waals surface area (Å²) in [6.45, 7) is 3.15. The van der Waals surface area contributed by atoms with Crippen LogP contribution in [0.15, 0.2) is 0 Å². The molecule has 6 nitrogen and oxygen atoms in total. The number of aliphatic hydroxyl groups excluding tert-OH is 1. The van der Waals surface area contributed by atoms with Crippen LogP contribution in [0.3, 0.4) is 0 Å². The quantitative estimate of drug-likeness (QED) is 0.714. The Morgan fingerprint density at radius 3 is 2.35 bits per heavy atom. The molecule has 1 rings (SSSR count). The monoisotopic (exact) mass is 285 g/mol. The fraction of sp³-hybridized carbons (Fsp3) is 1.00. The van der Waals surface area contributed by atoms with Gasteiger partial charge in [0.15, 0.2) is 9.84 Å². The summed E-state index contributed by atoms with van der Waals surface area (Å²) in [6, 6.07) is -0.282. The zero-order valence-electron chi connectivity index (χ0n) is 10.0. The van der Waals surface area contributed by atoms with Gasteiger partial charge in [-0.3, -0.25) is 0 Å². The van der Waals surface area contributed by atoms with Crippen LogP contribution >= 0.6 is 0 Å². The molecule has 1 heterocycles. The first kappa shape index (κ1) is 14.9. The van der Waals surface area contributed by atoms with Crippen LogP contribution < -0.4 is 0 Å². The van der Waals surface area contributed by atoms with E-state index in [0.29, 0.717) is 0 Å². The number of nitrogens with zero attached hydrogens (tertiary/aromatic N) is 1. The highest BCUT2D eigenvalue weighted by molar-refractivity contribution is 7.95. The summed E-state index contributed by atoms with van der Waals surface area (Å²) in [4.78, 5) is 0. The van der Waals surface area contributed by atoms with Crippen molar-refractivity contribution in [2.24, 2.45) is 0 Å². The van der Waals surface area contributed by atoms with E-state index in [1.807, 2.05) is 0 Å². The van der Waals surface area contributed by atoms with Crippen molar-refractivity contribution >= 4 is 19.9 Å². The molecule has 0 aromatic heterocycles. The first-order valence-corrected chi connectivity index (χ1v) is 8.85. The normalized spacial score (nSPS) is 24.6. The van der Waals surface area contributed by atoms with Gasteiger partial charge in [0, 0.05) is 12.6 Å². The van der Waals surface area contributed by atoms with E-state index < -0.39 is 25.1 Å². The fourth-order valence-electron chi connectivity index (χ4n) is 1.97. The smallest absolute Gasteiger partial charge is 0.218 e. The van der Waals surface area contributed by atoms with Crippen molar-refractivity contribution in [3.05, 3.63) is 0 Å². The predicted molar refractivity (Wildman–Crippen MR) is 64.9 cm³/mol. The maximum Gasteiger partial charge on any atom is 0.218 e. The lowest BCUT2D eigenvalue weighted by molar-refractivity contribution is 0.235. The van der Waals surface area contributed by atoms with Gasteiger partial charge in [0.2, 0.25) is 10.0 Å². The van der Waals surface area contributed by atoms with Crippen molar-refractivity contribution in [1.29, 1.82) is 0 Å². The predicted octanol–water partition coefficient (Wildman–Crippen LogP) is -0.794. The van der Waals surface area contributed by atoms with Gasteiger partial charge in [0.1, 0.15) is 0 Å². The average molecular weight is 285 g/mol. The zero-order chi connectivity index (χ0) is 13.3. The van der Waals surface area contributed by atoms with Crippen molar-refractivity contribution in [2.45, 2.75) is 31.6 Å². The van der Waals surface area contributed by atoms with E-state index in [2.05, 4.69) is 0 Å². The van der Waals surface area contributed by atoms with Gasteiger partial charge < -0.3 is 5.11 Å². The highest BCUT2D eigenvalue weighted by atomic mass is 32.2. The molecule has 1 fully saturated rings. The van der Waals surface area contributed by atoms with Gasteiger partial charge >= 0.3 is 0 Å². The van der Waals surface area contributed by atoms with E-state index >= 15 is 0 Å². The molecule has 8 heteroatoms. The SMILES string of the molecule is CC(C)N(CCO)S(=O)(=O)C1CCS(=O)(=O)C1. The fourth-order valence-corrected chi connectivity index (χ4v) is 6.69. The van der Waals surface area contributed by atoms with E-state index in [9.17, 15) is 16.8 Å². The number of rotatable bonds is 5. The minimum atomic E-state index is -3.64. The van der Waals surface area contributed by atoms with Gasteiger partial charge in [-0.15, -0.1) is 0 Å². The van der Waals surface area contributed by atoms with E-state index in [1.54, 1.807) is 13.8 Å². The summed E-state index contributed by atoms with van der Waals surface area (Å²) >= 11 is 0. The maximum absolute atomic E-state index is 12.2. The molecular weight excluding hydrogens is 266 g/mol. The molecule has 0 aromatic carbocycles. The first-order valence-electron chi connectivity index (χ1n) is 5.52. The van der Waals surface area contributed by atoms with E-state index in [1.165, 1.54) is 4.31 Å². The number of aliphatic hydroxyl groups is 1. The summed E-state index contributed by atoms with van der Waals surface area (Å²) < 4.78 is 48.2. The Labute approximate surface area is 103 Å². The van der Waals surface area contributed by atoms with Gasteiger partial charge in [0.25, 0.3) is 0 Å². The average Bonchev–Trinajstić information content (AvgIpc) is 2.55. The second-order valence-electron chi connectivity index (χ2n) is 4.50. The third kappa shape index (κ3) is 3.40. The number of sulfone groups is 1. The Balaban J connectivity index is 2.94. The van der Waals surface area contributed by atoms with Gasteiger partial charge in [-0.2, -0.15) is 4.31 Å². The second kappa shape index (κ2) is 5.21. The van der Waals surface area contributed by atoms with Crippen LogP contribution in [0.5, 0.6) is 0 Å². The van der Waals surface area contributed by atoms with E-state index in [-0.39, 0.29) is 37.1 Å². The Kier molecular flexibility index (Phi) is 4.56. The number of hydrogen-bond donors (Lipinski definition) is 1. The van der Waals surface area contributed by atoms with Crippen molar-refractivity contribution in [3.63, 3.8) is 0 Å². The van der Waals surface area contributed by atoms with Crippen LogP contribution in [-0.4, -0.2) is 62.2 Å². The summed E-state index contributed by atoms with van der Waals surface area (Å²) in [5, 5.41) is 8.01. The zero-order valence-corrected chi connectivity index (χ0v) is 11.7. The highest BCUT2D eigenvalue weighted by Gasteiger charge is 2.40. The molecule has 0 bridgehead atoms. The molecule has 0 radical (unpaired) electrons. The molecule has 102 valence electrons. The summed E-state index contributed by atoms with van der Waals surface area (Å²) in [6.07, 6.45) is 0.152. The van der Waals surface area contributed by atoms with Gasteiger partial charge in [-0.1, -0.05) is 0 Å². The third-order valence-corrected chi connectivity index (χ3v) is 7.32. The minimum Gasteiger partial charge on any atom is -0.395 e. The molecular formula is C9H19NO5S2. The van der Waals surface area contributed by atoms with Crippen molar-refractivity contribution < 1.29 is 21.9 Å². The summed E-state index contributed by atoms with van der Waals surface area (Å²) in [7, 11) is -6.86. The molecule has 1 aliphatic rings. The van der Waals surface area contributed by atoms with Crippen LogP contribution in [0, 0.1) is 0 Å². The van der Waals surface area contributed by atoms with Gasteiger partial charge in [-0.25, -0.2) is 16.8 Å². The van der Waals surface area contributed by atoms with Crippen LogP contribution in [0.4, 0.5) is 0 Å². The third-order valence-electron chi connectivity index (χ3n) is 2.84. The molecule has 1 N–H and O–H groups in total. The number of sulfonamides is 1. The molecule has 1 aliphatic heterocycles. The Hall–Kier alpha value is -0.180. The molecule has 1 unspecified atom stereocenters. The topological polar surface area (TPSA) is 91.8 Å². The van der Waals surface area contributed by atoms with Crippen LogP contribution in [0.1, 0.15) is 20.3 Å². The molecule has 0 aliphatic carbocycles. The lowest BCUT2D eigenvalue weighted by Gasteiger charge is -2.27. The number of hydrogen-bond acceptors (Lipinski definition) is 5. The second-order valence-corrected chi connectivity index (χ2v) is 8.89. The Bertz CT molecular complexity index is 454. The Morgan fingerprint density at radius 2 is 2.00 bits per heavy atom. The summed E-state index contributed by atoms with van der Waals surface area (Å²) in [5.74, 6) is -0.369. The van der Waals surface area contributed by atoms with Gasteiger partial charge in [-0.05, 0) is 20.3 Å². The van der Waals surface area contributed by atoms with Gasteiger partial charge in [0.05, 0.1) is 23.4 Å². The van der Waals surface area contributed by atoms with Crippen molar-refractivity contribution in [3.8, 4) is 0 Å².